The molecule has 0 fully saturated rings. The van der Waals surface area contributed by atoms with Gasteiger partial charge in [-0.1, -0.05) is 0 Å². The van der Waals surface area contributed by atoms with E-state index >= 15 is 0 Å². The quantitative estimate of drug-likeness (QED) is 0.796. The lowest BCUT2D eigenvalue weighted by atomic mass is 10.1. The SMILES string of the molecule is COc1ccc2c(CC(=O)OC(C)C(=O)NC(N)=O)coc2c1. The number of urea groups is 1. The van der Waals surface area contributed by atoms with E-state index in [1.165, 1.54) is 13.2 Å². The number of nitrogens with two attached hydrogens (primary N) is 1. The molecule has 8 nitrogen and oxygen atoms in total. The molecule has 1 unspecified atom stereocenters. The Morgan fingerprint density at radius 2 is 2.09 bits per heavy atom. The molecule has 0 aliphatic heterocycles. The van der Waals surface area contributed by atoms with Crippen LogP contribution in [0.3, 0.4) is 0 Å². The molecule has 23 heavy (non-hydrogen) atoms. The molecule has 0 bridgehead atoms. The molecule has 0 aliphatic rings. The first-order chi connectivity index (χ1) is 10.9. The molecular weight excluding hydrogens is 304 g/mol. The van der Waals surface area contributed by atoms with E-state index in [1.807, 2.05) is 5.32 Å². The number of fused-ring (bicyclic) bond motifs is 1. The number of esters is 1. The lowest BCUT2D eigenvalue weighted by Gasteiger charge is -2.11. The number of primary amides is 1. The molecule has 8 heteroatoms. The van der Waals surface area contributed by atoms with Crippen molar-refractivity contribution in [1.29, 1.82) is 0 Å². The summed E-state index contributed by atoms with van der Waals surface area (Å²) in [6.07, 6.45) is 0.237. The number of carbonyl (C=O) groups excluding carboxylic acids is 3. The van der Waals surface area contributed by atoms with Gasteiger partial charge >= 0.3 is 12.0 Å². The van der Waals surface area contributed by atoms with Crippen LogP contribution in [0.2, 0.25) is 0 Å². The Balaban J connectivity index is 2.03. The smallest absolute Gasteiger partial charge is 0.318 e. The van der Waals surface area contributed by atoms with Crippen LogP contribution in [0.25, 0.3) is 11.0 Å². The van der Waals surface area contributed by atoms with Crippen molar-refractivity contribution in [2.45, 2.75) is 19.4 Å². The van der Waals surface area contributed by atoms with Crippen molar-refractivity contribution in [3.8, 4) is 5.75 Å². The van der Waals surface area contributed by atoms with Gasteiger partial charge in [-0.25, -0.2) is 4.79 Å². The van der Waals surface area contributed by atoms with E-state index in [2.05, 4.69) is 0 Å². The van der Waals surface area contributed by atoms with Crippen LogP contribution in [0.4, 0.5) is 4.79 Å². The van der Waals surface area contributed by atoms with Gasteiger partial charge in [-0.05, 0) is 19.1 Å². The lowest BCUT2D eigenvalue weighted by molar-refractivity contribution is -0.153. The summed E-state index contributed by atoms with van der Waals surface area (Å²) >= 11 is 0. The number of benzene rings is 1. The normalized spacial score (nSPS) is 11.7. The van der Waals surface area contributed by atoms with Gasteiger partial charge in [0.25, 0.3) is 5.91 Å². The zero-order chi connectivity index (χ0) is 17.0. The van der Waals surface area contributed by atoms with Crippen LogP contribution in [-0.2, 0) is 20.7 Å². The molecule has 0 saturated heterocycles. The molecule has 122 valence electrons. The van der Waals surface area contributed by atoms with Crippen molar-refractivity contribution in [1.82, 2.24) is 5.32 Å². The van der Waals surface area contributed by atoms with Gasteiger partial charge in [0.2, 0.25) is 0 Å². The van der Waals surface area contributed by atoms with E-state index in [0.29, 0.717) is 16.9 Å². The maximum Gasteiger partial charge on any atom is 0.318 e. The third kappa shape index (κ3) is 4.00. The number of hydrogen-bond acceptors (Lipinski definition) is 6. The molecule has 2 rings (SSSR count). The van der Waals surface area contributed by atoms with Crippen LogP contribution in [0.15, 0.2) is 28.9 Å². The number of ether oxygens (including phenoxy) is 2. The largest absolute Gasteiger partial charge is 0.497 e. The third-order valence-corrected chi connectivity index (χ3v) is 3.12. The van der Waals surface area contributed by atoms with Gasteiger partial charge in [0, 0.05) is 17.0 Å². The second-order valence-electron chi connectivity index (χ2n) is 4.79. The minimum Gasteiger partial charge on any atom is -0.497 e. The van der Waals surface area contributed by atoms with Gasteiger partial charge in [0.15, 0.2) is 6.10 Å². The fraction of sp³-hybridized carbons (Fsp3) is 0.267. The monoisotopic (exact) mass is 320 g/mol. The van der Waals surface area contributed by atoms with E-state index < -0.39 is 24.0 Å². The third-order valence-electron chi connectivity index (χ3n) is 3.12. The summed E-state index contributed by atoms with van der Waals surface area (Å²) in [6.45, 7) is 1.34. The van der Waals surface area contributed by atoms with Crippen LogP contribution >= 0.6 is 0 Å². The Labute approximate surface area is 131 Å². The van der Waals surface area contributed by atoms with Crippen molar-refractivity contribution in [3.63, 3.8) is 0 Å². The Hall–Kier alpha value is -3.03. The minimum absolute atomic E-state index is 0.0759. The first kappa shape index (κ1) is 16.3. The highest BCUT2D eigenvalue weighted by Gasteiger charge is 2.20. The summed E-state index contributed by atoms with van der Waals surface area (Å²) < 4.78 is 15.4. The lowest BCUT2D eigenvalue weighted by Crippen LogP contribution is -2.42. The van der Waals surface area contributed by atoms with Crippen molar-refractivity contribution in [3.05, 3.63) is 30.0 Å². The van der Waals surface area contributed by atoms with E-state index in [-0.39, 0.29) is 6.42 Å². The Kier molecular flexibility index (Phi) is 4.85. The molecule has 0 saturated carbocycles. The van der Waals surface area contributed by atoms with Crippen LogP contribution < -0.4 is 15.8 Å². The zero-order valence-corrected chi connectivity index (χ0v) is 12.6. The van der Waals surface area contributed by atoms with Crippen molar-refractivity contribution in [2.75, 3.05) is 7.11 Å². The molecule has 1 aromatic carbocycles. The summed E-state index contributed by atoms with van der Waals surface area (Å²) in [6, 6.07) is 4.21. The molecule has 3 N–H and O–H groups in total. The van der Waals surface area contributed by atoms with Crippen molar-refractivity contribution in [2.24, 2.45) is 5.73 Å². The average Bonchev–Trinajstić information content (AvgIpc) is 2.88. The standard InChI is InChI=1S/C15H16N2O6/c1-8(14(19)17-15(16)20)23-13(18)5-9-7-22-12-6-10(21-2)3-4-11(9)12/h3-4,6-8H,5H2,1-2H3,(H3,16,17,19,20). The van der Waals surface area contributed by atoms with Crippen molar-refractivity contribution >= 4 is 28.9 Å². The van der Waals surface area contributed by atoms with Crippen molar-refractivity contribution < 1.29 is 28.3 Å². The van der Waals surface area contributed by atoms with Gasteiger partial charge in [0.1, 0.15) is 11.3 Å². The van der Waals surface area contributed by atoms with E-state index in [0.717, 1.165) is 5.39 Å². The molecule has 1 heterocycles. The molecule has 0 radical (unpaired) electrons. The predicted molar refractivity (Wildman–Crippen MR) is 79.8 cm³/mol. The second-order valence-corrected chi connectivity index (χ2v) is 4.79. The molecule has 1 aromatic heterocycles. The number of nitrogens with one attached hydrogen (secondary N) is 1. The van der Waals surface area contributed by atoms with Gasteiger partial charge in [-0.3, -0.25) is 14.9 Å². The number of rotatable bonds is 5. The number of methoxy groups -OCH3 is 1. The van der Waals surface area contributed by atoms with Gasteiger partial charge in [0.05, 0.1) is 19.8 Å². The fourth-order valence-corrected chi connectivity index (χ4v) is 2.00. The zero-order valence-electron chi connectivity index (χ0n) is 12.6. The summed E-state index contributed by atoms with van der Waals surface area (Å²) in [5.74, 6) is -0.777. The van der Waals surface area contributed by atoms with E-state index in [9.17, 15) is 14.4 Å². The van der Waals surface area contributed by atoms with Crippen LogP contribution in [0.1, 0.15) is 12.5 Å². The number of imide groups is 1. The molecule has 3 amide bonds. The van der Waals surface area contributed by atoms with Crippen LogP contribution in [0, 0.1) is 0 Å². The molecular formula is C15H16N2O6. The van der Waals surface area contributed by atoms with Crippen LogP contribution in [0.5, 0.6) is 5.75 Å². The number of carbonyl (C=O) groups is 3. The Morgan fingerprint density at radius 3 is 2.74 bits per heavy atom. The van der Waals surface area contributed by atoms with Gasteiger partial charge in [-0.15, -0.1) is 0 Å². The van der Waals surface area contributed by atoms with Gasteiger partial charge in [-0.2, -0.15) is 0 Å². The topological polar surface area (TPSA) is 121 Å². The summed E-state index contributed by atoms with van der Waals surface area (Å²) in [5, 5.41) is 2.59. The van der Waals surface area contributed by atoms with Crippen LogP contribution in [-0.4, -0.2) is 31.1 Å². The highest BCUT2D eigenvalue weighted by molar-refractivity contribution is 5.96. The highest BCUT2D eigenvalue weighted by Crippen LogP contribution is 2.26. The Bertz CT molecular complexity index is 752. The maximum atomic E-state index is 11.9. The van der Waals surface area contributed by atoms with E-state index in [4.69, 9.17) is 19.6 Å². The second kappa shape index (κ2) is 6.82. The predicted octanol–water partition coefficient (Wildman–Crippen LogP) is 1.11. The molecule has 2 aromatic rings. The first-order valence-electron chi connectivity index (χ1n) is 6.74. The first-order valence-corrected chi connectivity index (χ1v) is 6.74. The fourth-order valence-electron chi connectivity index (χ4n) is 2.00. The summed E-state index contributed by atoms with van der Waals surface area (Å²) in [7, 11) is 1.54. The van der Waals surface area contributed by atoms with Gasteiger partial charge < -0.3 is 19.6 Å². The Morgan fingerprint density at radius 1 is 1.35 bits per heavy atom. The summed E-state index contributed by atoms with van der Waals surface area (Å²) in [4.78, 5) is 33.9. The summed E-state index contributed by atoms with van der Waals surface area (Å²) in [5.41, 5.74) is 6.02. The minimum atomic E-state index is -1.13. The number of furan rings is 1. The maximum absolute atomic E-state index is 11.9. The highest BCUT2D eigenvalue weighted by atomic mass is 16.5. The number of hydrogen-bond donors (Lipinski definition) is 2. The van der Waals surface area contributed by atoms with E-state index in [1.54, 1.807) is 25.3 Å². The number of amides is 3. The molecule has 1 atom stereocenters. The average molecular weight is 320 g/mol. The molecule has 0 spiro atoms. The molecule has 0 aliphatic carbocycles.